The van der Waals surface area contributed by atoms with Gasteiger partial charge in [-0.3, -0.25) is 10.1 Å². The molecule has 7 nitrogen and oxygen atoms in total. The largest absolute Gasteiger partial charge is 0.383 e. The van der Waals surface area contributed by atoms with Gasteiger partial charge in [-0.25, -0.2) is 8.78 Å². The van der Waals surface area contributed by atoms with Crippen molar-refractivity contribution in [2.24, 2.45) is 11.1 Å². The zero-order valence-corrected chi connectivity index (χ0v) is 15.5. The highest BCUT2D eigenvalue weighted by Crippen LogP contribution is 2.57. The van der Waals surface area contributed by atoms with Crippen LogP contribution in [0, 0.1) is 5.41 Å². The highest BCUT2D eigenvalue weighted by molar-refractivity contribution is 6.00. The fourth-order valence-corrected chi connectivity index (χ4v) is 4.74. The average molecular weight is 381 g/mol. The lowest BCUT2D eigenvalue weighted by atomic mass is 9.65. The van der Waals surface area contributed by atoms with Crippen molar-refractivity contribution < 1.29 is 18.3 Å². The number of hydrogen-bond donors (Lipinski definition) is 3. The summed E-state index contributed by atoms with van der Waals surface area (Å²) in [6, 6.07) is 3.49. The summed E-state index contributed by atoms with van der Waals surface area (Å²) in [4.78, 5) is 16.0. The van der Waals surface area contributed by atoms with Gasteiger partial charge < -0.3 is 25.6 Å². The molecule has 4 rings (SSSR count). The van der Waals surface area contributed by atoms with E-state index in [9.17, 15) is 13.6 Å². The second kappa shape index (κ2) is 6.20. The normalized spacial score (nSPS) is 24.2. The van der Waals surface area contributed by atoms with Gasteiger partial charge in [0.05, 0.1) is 23.7 Å². The molecule has 1 aliphatic carbocycles. The molecule has 3 aliphatic rings. The molecule has 0 aromatic heterocycles. The number of ether oxygens (including phenoxy) is 1. The van der Waals surface area contributed by atoms with E-state index in [-0.39, 0.29) is 19.1 Å². The quantitative estimate of drug-likeness (QED) is 0.715. The third-order valence-electron chi connectivity index (χ3n) is 5.74. The number of nitrogens with zero attached hydrogens (tertiary/aromatic N) is 2. The molecule has 27 heavy (non-hydrogen) atoms. The van der Waals surface area contributed by atoms with E-state index in [4.69, 9.17) is 10.5 Å². The second-order valence-electron chi connectivity index (χ2n) is 7.84. The molecule has 1 atom stereocenters. The molecule has 1 spiro atoms. The maximum Gasteiger partial charge on any atom is 0.249 e. The van der Waals surface area contributed by atoms with Crippen molar-refractivity contribution >= 4 is 23.0 Å². The number of rotatable bonds is 5. The van der Waals surface area contributed by atoms with Gasteiger partial charge in [0.25, 0.3) is 0 Å². The summed E-state index contributed by atoms with van der Waals surface area (Å²) in [6.45, 7) is 2.02. The Morgan fingerprint density at radius 1 is 1.41 bits per heavy atom. The fraction of sp³-hybridized carbons (Fsp3) is 0.611. The number of alkyl halides is 2. The molecule has 0 radical (unpaired) electrons. The zero-order chi connectivity index (χ0) is 19.4. The molecule has 0 saturated heterocycles. The number of methoxy groups -OCH3 is 1. The maximum atomic E-state index is 13.8. The molecule has 1 saturated carbocycles. The van der Waals surface area contributed by atoms with Crippen LogP contribution in [0.2, 0.25) is 0 Å². The number of hydrogen-bond acceptors (Lipinski definition) is 6. The minimum atomic E-state index is -2.62. The van der Waals surface area contributed by atoms with Gasteiger partial charge in [0, 0.05) is 50.6 Å². The number of halogens is 2. The van der Waals surface area contributed by atoms with Crippen molar-refractivity contribution in [1.29, 1.82) is 0 Å². The zero-order valence-electron chi connectivity index (χ0n) is 15.5. The Bertz CT molecular complexity index is 764. The monoisotopic (exact) mass is 381 g/mol. The predicted octanol–water partition coefficient (Wildman–Crippen LogP) is 1.40. The van der Waals surface area contributed by atoms with Gasteiger partial charge in [0.15, 0.2) is 6.29 Å². The van der Waals surface area contributed by atoms with Gasteiger partial charge in [-0.1, -0.05) is 0 Å². The average Bonchev–Trinajstić information content (AvgIpc) is 2.86. The first-order valence-corrected chi connectivity index (χ1v) is 9.08. The van der Waals surface area contributed by atoms with E-state index in [0.717, 1.165) is 17.1 Å². The van der Waals surface area contributed by atoms with Crippen LogP contribution in [0.15, 0.2) is 12.1 Å². The van der Waals surface area contributed by atoms with E-state index < -0.39 is 17.2 Å². The predicted molar refractivity (Wildman–Crippen MR) is 99.5 cm³/mol. The molecule has 0 bridgehead atoms. The van der Waals surface area contributed by atoms with Crippen molar-refractivity contribution in [1.82, 2.24) is 5.32 Å². The first-order chi connectivity index (χ1) is 12.8. The van der Waals surface area contributed by atoms with E-state index in [1.165, 1.54) is 0 Å². The number of nitrogens with one attached hydrogen (secondary N) is 2. The van der Waals surface area contributed by atoms with E-state index in [1.807, 2.05) is 7.05 Å². The molecular weight excluding hydrogens is 356 g/mol. The molecule has 1 amide bonds. The second-order valence-corrected chi connectivity index (χ2v) is 7.84. The van der Waals surface area contributed by atoms with Crippen molar-refractivity contribution in [3.63, 3.8) is 0 Å². The summed E-state index contributed by atoms with van der Waals surface area (Å²) < 4.78 is 32.9. The molecule has 1 aromatic carbocycles. The van der Waals surface area contributed by atoms with Crippen molar-refractivity contribution in [2.75, 3.05) is 55.5 Å². The van der Waals surface area contributed by atoms with Crippen LogP contribution >= 0.6 is 0 Å². The van der Waals surface area contributed by atoms with Crippen LogP contribution in [0.1, 0.15) is 23.2 Å². The van der Waals surface area contributed by atoms with Crippen molar-refractivity contribution in [2.45, 2.75) is 25.1 Å². The lowest BCUT2D eigenvalue weighted by Gasteiger charge is -2.50. The molecule has 2 heterocycles. The van der Waals surface area contributed by atoms with Crippen LogP contribution in [0.4, 0.5) is 25.8 Å². The summed E-state index contributed by atoms with van der Waals surface area (Å²) in [7, 11) is 3.42. The van der Waals surface area contributed by atoms with Gasteiger partial charge in [-0.15, -0.1) is 0 Å². The number of carbonyl (C=O) groups excluding carboxylic acids is 1. The summed E-state index contributed by atoms with van der Waals surface area (Å²) in [6.07, 6.45) is -0.500. The van der Waals surface area contributed by atoms with Crippen LogP contribution in [0.25, 0.3) is 0 Å². The fourth-order valence-electron chi connectivity index (χ4n) is 4.74. The topological polar surface area (TPSA) is 82.9 Å². The van der Waals surface area contributed by atoms with Gasteiger partial charge in [0.2, 0.25) is 11.8 Å². The molecule has 9 heteroatoms. The highest BCUT2D eigenvalue weighted by Gasteiger charge is 2.59. The van der Waals surface area contributed by atoms with Crippen LogP contribution in [0.3, 0.4) is 0 Å². The van der Waals surface area contributed by atoms with E-state index in [0.29, 0.717) is 31.8 Å². The number of nitrogens with two attached hydrogens (primary N) is 1. The van der Waals surface area contributed by atoms with Gasteiger partial charge in [-0.05, 0) is 19.2 Å². The van der Waals surface area contributed by atoms with Gasteiger partial charge in [-0.2, -0.15) is 0 Å². The lowest BCUT2D eigenvalue weighted by molar-refractivity contribution is -0.153. The van der Waals surface area contributed by atoms with Gasteiger partial charge in [0.1, 0.15) is 0 Å². The maximum absolute atomic E-state index is 13.8. The molecule has 1 fully saturated rings. The first-order valence-electron chi connectivity index (χ1n) is 9.08. The number of carbonyl (C=O) groups is 1. The summed E-state index contributed by atoms with van der Waals surface area (Å²) in [5.74, 6) is -3.14. The third kappa shape index (κ3) is 2.98. The Labute approximate surface area is 156 Å². The van der Waals surface area contributed by atoms with Crippen LogP contribution in [-0.4, -0.2) is 58.5 Å². The summed E-state index contributed by atoms with van der Waals surface area (Å²) in [5.41, 5.74) is 7.94. The standard InChI is InChI=1S/C18H25F2N5O2/c1-22-16-23-12-5-11(15(21)26)6-13-14(12)25(16)10-17(7-18(19,20)8-17)9-24(13)3-4-27-2/h5-6,16,22-23H,3-4,7-10H2,1-2H3,(H2,21,26). The smallest absolute Gasteiger partial charge is 0.249 e. The number of primary amides is 1. The molecule has 1 unspecified atom stereocenters. The van der Waals surface area contributed by atoms with Gasteiger partial charge >= 0.3 is 0 Å². The molecule has 148 valence electrons. The minimum Gasteiger partial charge on any atom is -0.383 e. The van der Waals surface area contributed by atoms with Crippen molar-refractivity contribution in [3.05, 3.63) is 17.7 Å². The number of benzene rings is 1. The Morgan fingerprint density at radius 3 is 2.74 bits per heavy atom. The van der Waals surface area contributed by atoms with Crippen LogP contribution in [-0.2, 0) is 4.74 Å². The van der Waals surface area contributed by atoms with E-state index >= 15 is 0 Å². The van der Waals surface area contributed by atoms with Crippen LogP contribution in [0.5, 0.6) is 0 Å². The molecular formula is C18H25F2N5O2. The van der Waals surface area contributed by atoms with E-state index in [2.05, 4.69) is 20.4 Å². The Kier molecular flexibility index (Phi) is 4.19. The SMILES string of the molecule is CNC1Nc2cc(C(N)=O)cc3c2N1CC1(CN3CCOC)CC(F)(F)C1. The minimum absolute atomic E-state index is 0.136. The van der Waals surface area contributed by atoms with Crippen LogP contribution < -0.4 is 26.2 Å². The summed E-state index contributed by atoms with van der Waals surface area (Å²) in [5, 5.41) is 6.52. The van der Waals surface area contributed by atoms with Crippen molar-refractivity contribution in [3.8, 4) is 0 Å². The number of amides is 1. The highest BCUT2D eigenvalue weighted by atomic mass is 19.3. The lowest BCUT2D eigenvalue weighted by Crippen LogP contribution is -2.59. The first kappa shape index (κ1) is 18.2. The third-order valence-corrected chi connectivity index (χ3v) is 5.74. The Hall–Kier alpha value is -2.13. The molecule has 2 aliphatic heterocycles. The Balaban J connectivity index is 1.81. The molecule has 4 N–H and O–H groups in total. The number of anilines is 3. The summed E-state index contributed by atoms with van der Waals surface area (Å²) >= 11 is 0. The van der Waals surface area contributed by atoms with E-state index in [1.54, 1.807) is 19.2 Å². The molecule has 1 aromatic rings. The Morgan fingerprint density at radius 2 is 2.15 bits per heavy atom.